The molecule has 1 aromatic rings. The van der Waals surface area contributed by atoms with Crippen molar-refractivity contribution in [2.75, 3.05) is 31.1 Å². The smallest absolute Gasteiger partial charge is 0.353 e. The van der Waals surface area contributed by atoms with Crippen molar-refractivity contribution >= 4 is 23.5 Å². The van der Waals surface area contributed by atoms with Crippen LogP contribution in [0.3, 0.4) is 0 Å². The Morgan fingerprint density at radius 1 is 1.16 bits per heavy atom. The predicted octanol–water partition coefficient (Wildman–Crippen LogP) is 0.968. The Bertz CT molecular complexity index is 963. The van der Waals surface area contributed by atoms with Gasteiger partial charge in [0.05, 0.1) is 18.0 Å². The van der Waals surface area contributed by atoms with Gasteiger partial charge < -0.3 is 20.4 Å². The van der Waals surface area contributed by atoms with Crippen LogP contribution in [0.5, 0.6) is 0 Å². The Balaban J connectivity index is 1.29. The molecule has 31 heavy (non-hydrogen) atoms. The van der Waals surface area contributed by atoms with E-state index in [1.807, 2.05) is 6.08 Å². The summed E-state index contributed by atoms with van der Waals surface area (Å²) in [6.45, 7) is 1.21. The monoisotopic (exact) mass is 435 g/mol. The van der Waals surface area contributed by atoms with Crippen molar-refractivity contribution in [3.63, 3.8) is 0 Å². The molecule has 1 aromatic heterocycles. The molecule has 4 rings (SSSR count). The molecule has 0 bridgehead atoms. The third-order valence-electron chi connectivity index (χ3n) is 5.43. The summed E-state index contributed by atoms with van der Waals surface area (Å²) in [5.74, 6) is -1.09. The fourth-order valence-electron chi connectivity index (χ4n) is 3.78. The summed E-state index contributed by atoms with van der Waals surface area (Å²) in [6.07, 6.45) is 0.682. The minimum absolute atomic E-state index is 0.0963. The summed E-state index contributed by atoms with van der Waals surface area (Å²) in [5, 5.41) is 5.42. The summed E-state index contributed by atoms with van der Waals surface area (Å²) in [6, 6.07) is 1.91. The van der Waals surface area contributed by atoms with Crippen molar-refractivity contribution in [2.24, 2.45) is 0 Å². The summed E-state index contributed by atoms with van der Waals surface area (Å²) in [4.78, 5) is 43.4. The molecule has 2 saturated heterocycles. The zero-order valence-electron chi connectivity index (χ0n) is 16.4. The first kappa shape index (κ1) is 20.9. The topological polar surface area (TPSA) is 94.6 Å². The molecule has 0 aromatic carbocycles. The standard InChI is InChI=1S/C20H20F3N5O3/c21-20(22,23)13-1-4-16(24-11-13)27-5-7-28(8-6-27)19(31)18(30)25-14-2-3-15-12(9-14)10-17(29)26-15/h1,3-4,9,11,14H,2,5-8,10H2,(H,25,30)(H,26,29). The largest absolute Gasteiger partial charge is 0.417 e. The van der Waals surface area contributed by atoms with Crippen LogP contribution in [0.15, 0.2) is 41.8 Å². The van der Waals surface area contributed by atoms with Gasteiger partial charge in [-0.1, -0.05) is 12.2 Å². The number of nitrogens with one attached hydrogen (secondary N) is 2. The van der Waals surface area contributed by atoms with Crippen molar-refractivity contribution in [1.82, 2.24) is 20.5 Å². The maximum Gasteiger partial charge on any atom is 0.417 e. The number of hydrogen-bond donors (Lipinski definition) is 2. The Morgan fingerprint density at radius 3 is 2.55 bits per heavy atom. The quantitative estimate of drug-likeness (QED) is 0.676. The van der Waals surface area contributed by atoms with Gasteiger partial charge in [0.1, 0.15) is 5.82 Å². The molecule has 0 spiro atoms. The van der Waals surface area contributed by atoms with E-state index in [-0.39, 0.29) is 31.5 Å². The van der Waals surface area contributed by atoms with E-state index in [0.29, 0.717) is 25.3 Å². The van der Waals surface area contributed by atoms with Gasteiger partial charge in [0.15, 0.2) is 0 Å². The predicted molar refractivity (Wildman–Crippen MR) is 104 cm³/mol. The first-order chi connectivity index (χ1) is 14.7. The molecule has 0 radical (unpaired) electrons. The molecule has 1 atom stereocenters. The van der Waals surface area contributed by atoms with Gasteiger partial charge >= 0.3 is 18.0 Å². The minimum atomic E-state index is -4.44. The van der Waals surface area contributed by atoms with E-state index in [1.54, 1.807) is 11.0 Å². The minimum Gasteiger partial charge on any atom is -0.353 e. The average molecular weight is 435 g/mol. The lowest BCUT2D eigenvalue weighted by atomic mass is 10.00. The zero-order valence-corrected chi connectivity index (χ0v) is 16.4. The van der Waals surface area contributed by atoms with Crippen LogP contribution in [0.4, 0.5) is 19.0 Å². The van der Waals surface area contributed by atoms with Crippen LogP contribution in [-0.4, -0.2) is 59.8 Å². The number of piperazine rings is 1. The number of carbonyl (C=O) groups is 3. The van der Waals surface area contributed by atoms with Crippen LogP contribution >= 0.6 is 0 Å². The van der Waals surface area contributed by atoms with Crippen molar-refractivity contribution < 1.29 is 27.6 Å². The zero-order chi connectivity index (χ0) is 22.2. The first-order valence-electron chi connectivity index (χ1n) is 9.80. The van der Waals surface area contributed by atoms with Gasteiger partial charge in [-0.2, -0.15) is 13.2 Å². The Kier molecular flexibility index (Phi) is 5.42. The van der Waals surface area contributed by atoms with Gasteiger partial charge in [-0.25, -0.2) is 4.98 Å². The number of allylic oxidation sites excluding steroid dienone is 1. The molecule has 1 aliphatic carbocycles. The number of hydrogen-bond acceptors (Lipinski definition) is 5. The fourth-order valence-corrected chi connectivity index (χ4v) is 3.78. The molecular weight excluding hydrogens is 415 g/mol. The van der Waals surface area contributed by atoms with Crippen LogP contribution in [0, 0.1) is 0 Å². The Hall–Kier alpha value is -3.37. The second kappa shape index (κ2) is 8.05. The van der Waals surface area contributed by atoms with E-state index in [4.69, 9.17) is 0 Å². The molecule has 2 fully saturated rings. The van der Waals surface area contributed by atoms with Crippen LogP contribution < -0.4 is 15.5 Å². The third-order valence-corrected chi connectivity index (χ3v) is 5.43. The number of alkyl halides is 3. The molecule has 8 nitrogen and oxygen atoms in total. The number of rotatable bonds is 2. The van der Waals surface area contributed by atoms with E-state index in [0.717, 1.165) is 23.5 Å². The number of halogens is 3. The molecule has 1 unspecified atom stereocenters. The van der Waals surface area contributed by atoms with Gasteiger partial charge in [0.25, 0.3) is 0 Å². The van der Waals surface area contributed by atoms with E-state index >= 15 is 0 Å². The summed E-state index contributed by atoms with van der Waals surface area (Å²) in [5.41, 5.74) is 0.751. The van der Waals surface area contributed by atoms with Crippen molar-refractivity contribution in [3.8, 4) is 0 Å². The maximum atomic E-state index is 12.7. The highest BCUT2D eigenvalue weighted by Crippen LogP contribution is 2.29. The Labute approximate surface area is 175 Å². The van der Waals surface area contributed by atoms with E-state index in [2.05, 4.69) is 15.6 Å². The molecule has 2 aliphatic heterocycles. The molecule has 3 heterocycles. The number of carbonyl (C=O) groups excluding carboxylic acids is 3. The number of fused-ring (bicyclic) bond motifs is 1. The molecule has 2 N–H and O–H groups in total. The number of aromatic nitrogens is 1. The SMILES string of the molecule is O=C1CC2=CC(NC(=O)C(=O)N3CCN(c4ccc(C(F)(F)F)cn4)CC3)CC=C2N1. The van der Waals surface area contributed by atoms with Crippen molar-refractivity contribution in [2.45, 2.75) is 25.1 Å². The molecule has 3 aliphatic rings. The number of amides is 3. The molecule has 0 saturated carbocycles. The maximum absolute atomic E-state index is 12.7. The first-order valence-corrected chi connectivity index (χ1v) is 9.80. The van der Waals surface area contributed by atoms with Crippen LogP contribution in [0.25, 0.3) is 0 Å². The lowest BCUT2D eigenvalue weighted by Crippen LogP contribution is -2.53. The van der Waals surface area contributed by atoms with Gasteiger partial charge in [-0.05, 0) is 24.1 Å². The highest BCUT2D eigenvalue weighted by atomic mass is 19.4. The van der Waals surface area contributed by atoms with Crippen LogP contribution in [0.2, 0.25) is 0 Å². The second-order valence-corrected chi connectivity index (χ2v) is 7.53. The van der Waals surface area contributed by atoms with Gasteiger partial charge in [-0.15, -0.1) is 0 Å². The summed E-state index contributed by atoms with van der Waals surface area (Å²) < 4.78 is 38.0. The van der Waals surface area contributed by atoms with E-state index in [9.17, 15) is 27.6 Å². The summed E-state index contributed by atoms with van der Waals surface area (Å²) >= 11 is 0. The van der Waals surface area contributed by atoms with Gasteiger partial charge in [-0.3, -0.25) is 14.4 Å². The lowest BCUT2D eigenvalue weighted by molar-refractivity contribution is -0.146. The highest BCUT2D eigenvalue weighted by Gasteiger charge is 2.32. The number of anilines is 1. The molecule has 3 amide bonds. The molecule has 164 valence electrons. The van der Waals surface area contributed by atoms with E-state index in [1.165, 1.54) is 11.0 Å². The average Bonchev–Trinajstić information content (AvgIpc) is 3.12. The van der Waals surface area contributed by atoms with E-state index < -0.39 is 23.6 Å². The fraction of sp³-hybridized carbons (Fsp3) is 0.400. The molecular formula is C20H20F3N5O3. The van der Waals surface area contributed by atoms with Crippen LogP contribution in [0.1, 0.15) is 18.4 Å². The summed E-state index contributed by atoms with van der Waals surface area (Å²) in [7, 11) is 0. The third kappa shape index (κ3) is 4.54. The van der Waals surface area contributed by atoms with Crippen molar-refractivity contribution in [3.05, 3.63) is 47.3 Å². The lowest BCUT2D eigenvalue weighted by Gasteiger charge is -2.35. The Morgan fingerprint density at radius 2 is 1.90 bits per heavy atom. The highest BCUT2D eigenvalue weighted by molar-refractivity contribution is 6.35. The number of pyridine rings is 1. The van der Waals surface area contributed by atoms with Crippen LogP contribution in [-0.2, 0) is 20.6 Å². The second-order valence-electron chi connectivity index (χ2n) is 7.53. The normalized spacial score (nSPS) is 21.1. The molecule has 11 heteroatoms. The number of nitrogens with zero attached hydrogens (tertiary/aromatic N) is 3. The van der Waals surface area contributed by atoms with Crippen molar-refractivity contribution in [1.29, 1.82) is 0 Å². The van der Waals surface area contributed by atoms with Gasteiger partial charge in [0.2, 0.25) is 5.91 Å². The van der Waals surface area contributed by atoms with Gasteiger partial charge in [0, 0.05) is 38.1 Å².